The fraction of sp³-hybridized carbons (Fsp3) is 1.00. The van der Waals surface area contributed by atoms with Crippen LogP contribution in [0.1, 0.15) is 70.6 Å². The fourth-order valence-electron chi connectivity index (χ4n) is 7.09. The first kappa shape index (κ1) is 13.4. The van der Waals surface area contributed by atoms with Crippen LogP contribution in [0.25, 0.3) is 0 Å². The SMILES string of the molecule is C1CCC2C(C1)CC13CCCCC1C2C1CCCOC1O3. The Balaban J connectivity index is 1.55. The quantitative estimate of drug-likeness (QED) is 0.610. The lowest BCUT2D eigenvalue weighted by atomic mass is 9.48. The summed E-state index contributed by atoms with van der Waals surface area (Å²) in [6.07, 6.45) is 15.7. The maximum atomic E-state index is 6.78. The number of rotatable bonds is 0. The summed E-state index contributed by atoms with van der Waals surface area (Å²) < 4.78 is 12.9. The Labute approximate surface area is 129 Å². The van der Waals surface area contributed by atoms with Crippen molar-refractivity contribution >= 4 is 0 Å². The summed E-state index contributed by atoms with van der Waals surface area (Å²) in [5.41, 5.74) is 0.222. The highest BCUT2D eigenvalue weighted by Gasteiger charge is 2.62. The minimum atomic E-state index is 0.154. The number of hydrogen-bond donors (Lipinski definition) is 0. The van der Waals surface area contributed by atoms with Crippen molar-refractivity contribution in [1.82, 2.24) is 0 Å². The van der Waals surface area contributed by atoms with Crippen LogP contribution in [0.5, 0.6) is 0 Å². The van der Waals surface area contributed by atoms with Crippen molar-refractivity contribution in [3.63, 3.8) is 0 Å². The normalized spacial score (nSPS) is 56.0. The topological polar surface area (TPSA) is 18.5 Å². The van der Waals surface area contributed by atoms with Gasteiger partial charge in [0.25, 0.3) is 0 Å². The third-order valence-corrected chi connectivity index (χ3v) is 7.73. The first-order valence-electron chi connectivity index (χ1n) is 9.67. The molecule has 2 bridgehead atoms. The first-order valence-corrected chi connectivity index (χ1v) is 9.67. The molecular weight excluding hydrogens is 260 g/mol. The molecule has 5 aliphatic rings. The Morgan fingerprint density at radius 2 is 1.67 bits per heavy atom. The molecule has 0 radical (unpaired) electrons. The predicted octanol–water partition coefficient (Wildman–Crippen LogP) is 4.52. The Bertz CT molecular complexity index is 380. The molecule has 7 unspecified atom stereocenters. The predicted molar refractivity (Wildman–Crippen MR) is 81.8 cm³/mol. The van der Waals surface area contributed by atoms with Crippen LogP contribution in [-0.4, -0.2) is 18.5 Å². The molecule has 0 aromatic rings. The fourth-order valence-corrected chi connectivity index (χ4v) is 7.09. The van der Waals surface area contributed by atoms with Gasteiger partial charge in [-0.15, -0.1) is 0 Å². The number of ether oxygens (including phenoxy) is 2. The monoisotopic (exact) mass is 290 g/mol. The first-order chi connectivity index (χ1) is 10.4. The number of hydrogen-bond acceptors (Lipinski definition) is 2. The van der Waals surface area contributed by atoms with Gasteiger partial charge in [-0.05, 0) is 62.2 Å². The molecule has 118 valence electrons. The zero-order valence-electron chi connectivity index (χ0n) is 13.3. The summed E-state index contributed by atoms with van der Waals surface area (Å²) in [6.45, 7) is 0.933. The van der Waals surface area contributed by atoms with Gasteiger partial charge in [0, 0.05) is 12.5 Å². The van der Waals surface area contributed by atoms with Crippen LogP contribution in [0.4, 0.5) is 0 Å². The Morgan fingerprint density at radius 3 is 2.67 bits per heavy atom. The van der Waals surface area contributed by atoms with E-state index >= 15 is 0 Å². The van der Waals surface area contributed by atoms with E-state index < -0.39 is 0 Å². The van der Waals surface area contributed by atoms with Crippen LogP contribution < -0.4 is 0 Å². The van der Waals surface area contributed by atoms with Gasteiger partial charge < -0.3 is 9.47 Å². The molecule has 2 saturated heterocycles. The highest BCUT2D eigenvalue weighted by Crippen LogP contribution is 2.63. The highest BCUT2D eigenvalue weighted by atomic mass is 16.7. The molecule has 5 rings (SSSR count). The van der Waals surface area contributed by atoms with Crippen LogP contribution in [0, 0.1) is 29.6 Å². The van der Waals surface area contributed by atoms with Crippen molar-refractivity contribution in [3.05, 3.63) is 0 Å². The van der Waals surface area contributed by atoms with Crippen molar-refractivity contribution in [2.75, 3.05) is 6.61 Å². The third kappa shape index (κ3) is 1.91. The van der Waals surface area contributed by atoms with E-state index in [1.807, 2.05) is 0 Å². The van der Waals surface area contributed by atoms with E-state index in [-0.39, 0.29) is 11.9 Å². The van der Waals surface area contributed by atoms with E-state index in [0.717, 1.165) is 36.2 Å². The van der Waals surface area contributed by atoms with Gasteiger partial charge in [-0.2, -0.15) is 0 Å². The minimum absolute atomic E-state index is 0.154. The van der Waals surface area contributed by atoms with Crippen LogP contribution in [0.2, 0.25) is 0 Å². The van der Waals surface area contributed by atoms with E-state index in [0.29, 0.717) is 0 Å². The molecule has 5 fully saturated rings. The molecule has 0 aromatic carbocycles. The van der Waals surface area contributed by atoms with Gasteiger partial charge in [0.2, 0.25) is 0 Å². The van der Waals surface area contributed by atoms with Crippen LogP contribution in [0.15, 0.2) is 0 Å². The number of fused-ring (bicyclic) bond motifs is 4. The molecule has 3 saturated carbocycles. The average molecular weight is 290 g/mol. The lowest BCUT2D eigenvalue weighted by molar-refractivity contribution is -0.345. The maximum absolute atomic E-state index is 6.78. The Hall–Kier alpha value is -0.0800. The highest BCUT2D eigenvalue weighted by molar-refractivity contribution is 5.09. The van der Waals surface area contributed by atoms with Gasteiger partial charge in [0.15, 0.2) is 6.29 Å². The van der Waals surface area contributed by atoms with E-state index in [4.69, 9.17) is 9.47 Å². The van der Waals surface area contributed by atoms with Gasteiger partial charge in [0.1, 0.15) is 0 Å². The summed E-state index contributed by atoms with van der Waals surface area (Å²) in [6, 6.07) is 0. The van der Waals surface area contributed by atoms with Crippen LogP contribution in [0.3, 0.4) is 0 Å². The average Bonchev–Trinajstić information content (AvgIpc) is 2.53. The Kier molecular flexibility index (Phi) is 3.16. The third-order valence-electron chi connectivity index (χ3n) is 7.73. The van der Waals surface area contributed by atoms with E-state index in [2.05, 4.69) is 0 Å². The summed E-state index contributed by atoms with van der Waals surface area (Å²) in [5, 5.41) is 0. The zero-order chi connectivity index (χ0) is 13.9. The van der Waals surface area contributed by atoms with Gasteiger partial charge >= 0.3 is 0 Å². The van der Waals surface area contributed by atoms with Gasteiger partial charge in [-0.1, -0.05) is 32.1 Å². The van der Waals surface area contributed by atoms with Crippen LogP contribution in [-0.2, 0) is 9.47 Å². The molecule has 3 aliphatic carbocycles. The molecule has 7 atom stereocenters. The summed E-state index contributed by atoms with van der Waals surface area (Å²) >= 11 is 0. The largest absolute Gasteiger partial charge is 0.352 e. The second-order valence-corrected chi connectivity index (χ2v) is 8.57. The van der Waals surface area contributed by atoms with E-state index in [1.54, 1.807) is 0 Å². The van der Waals surface area contributed by atoms with Crippen molar-refractivity contribution in [1.29, 1.82) is 0 Å². The van der Waals surface area contributed by atoms with Gasteiger partial charge in [-0.25, -0.2) is 0 Å². The van der Waals surface area contributed by atoms with Crippen molar-refractivity contribution in [2.45, 2.75) is 82.5 Å². The van der Waals surface area contributed by atoms with E-state index in [1.165, 1.54) is 70.6 Å². The van der Waals surface area contributed by atoms with Gasteiger partial charge in [-0.3, -0.25) is 0 Å². The zero-order valence-corrected chi connectivity index (χ0v) is 13.3. The van der Waals surface area contributed by atoms with Crippen LogP contribution >= 0.6 is 0 Å². The summed E-state index contributed by atoms with van der Waals surface area (Å²) in [7, 11) is 0. The molecule has 2 aliphatic heterocycles. The van der Waals surface area contributed by atoms with Crippen molar-refractivity contribution in [2.24, 2.45) is 29.6 Å². The Morgan fingerprint density at radius 1 is 0.810 bits per heavy atom. The van der Waals surface area contributed by atoms with Crippen molar-refractivity contribution in [3.8, 4) is 0 Å². The minimum Gasteiger partial charge on any atom is -0.352 e. The molecule has 2 nitrogen and oxygen atoms in total. The summed E-state index contributed by atoms with van der Waals surface area (Å²) in [4.78, 5) is 0. The standard InChI is InChI=1S/C19H30O2/c1-2-7-14-13(6-1)12-19-10-4-3-9-16(19)17(14)15-8-5-11-20-18(15)21-19/h13-18H,1-12H2. The lowest BCUT2D eigenvalue weighted by Gasteiger charge is -2.64. The molecule has 0 aromatic heterocycles. The van der Waals surface area contributed by atoms with E-state index in [9.17, 15) is 0 Å². The molecule has 0 spiro atoms. The molecule has 2 heterocycles. The smallest absolute Gasteiger partial charge is 0.161 e. The second-order valence-electron chi connectivity index (χ2n) is 8.57. The van der Waals surface area contributed by atoms with Crippen molar-refractivity contribution < 1.29 is 9.47 Å². The molecule has 0 N–H and O–H groups in total. The maximum Gasteiger partial charge on any atom is 0.161 e. The lowest BCUT2D eigenvalue weighted by Crippen LogP contribution is -2.65. The molecule has 21 heavy (non-hydrogen) atoms. The second kappa shape index (κ2) is 4.96. The van der Waals surface area contributed by atoms with Gasteiger partial charge in [0.05, 0.1) is 5.60 Å². The summed E-state index contributed by atoms with van der Waals surface area (Å²) in [5.74, 6) is 4.51. The molecular formula is C19H30O2. The molecule has 2 heteroatoms. The molecule has 0 amide bonds.